The molecule has 2 N–H and O–H groups in total. The third kappa shape index (κ3) is 3.89. The van der Waals surface area contributed by atoms with Gasteiger partial charge < -0.3 is 19.9 Å². The first kappa shape index (κ1) is 15.2. The molecule has 2 atom stereocenters. The van der Waals surface area contributed by atoms with E-state index in [1.165, 1.54) is 0 Å². The maximum atomic E-state index is 9.28. The summed E-state index contributed by atoms with van der Waals surface area (Å²) in [7, 11) is 2.02. The van der Waals surface area contributed by atoms with Gasteiger partial charge >= 0.3 is 0 Å². The fraction of sp³-hybridized carbons (Fsp3) is 1.00. The van der Waals surface area contributed by atoms with Crippen LogP contribution in [0.4, 0.5) is 0 Å². The highest BCUT2D eigenvalue weighted by Crippen LogP contribution is 2.32. The Hall–Kier alpha value is -0.200. The van der Waals surface area contributed by atoms with E-state index in [0.29, 0.717) is 11.5 Å². The molecule has 0 radical (unpaired) electrons. The molecule has 2 saturated heterocycles. The molecule has 0 amide bonds. The molecule has 2 fully saturated rings. The Bertz CT molecular complexity index is 264. The normalized spacial score (nSPS) is 32.4. The lowest BCUT2D eigenvalue weighted by atomic mass is 9.79. The molecule has 2 rings (SSSR count). The van der Waals surface area contributed by atoms with E-state index < -0.39 is 0 Å². The van der Waals surface area contributed by atoms with Gasteiger partial charge in [-0.25, -0.2) is 0 Å². The highest BCUT2D eigenvalue weighted by atomic mass is 16.5. The van der Waals surface area contributed by atoms with E-state index in [-0.39, 0.29) is 12.7 Å². The summed E-state index contributed by atoms with van der Waals surface area (Å²) in [5, 5.41) is 12.6. The van der Waals surface area contributed by atoms with Crippen LogP contribution in [0.25, 0.3) is 0 Å². The molecular weight excluding hydrogens is 244 g/mol. The average Bonchev–Trinajstić information content (AvgIpc) is 2.42. The molecule has 0 bridgehead atoms. The summed E-state index contributed by atoms with van der Waals surface area (Å²) >= 11 is 0. The molecule has 0 aliphatic carbocycles. The van der Waals surface area contributed by atoms with Crippen molar-refractivity contribution >= 4 is 0 Å². The van der Waals surface area contributed by atoms with Crippen molar-refractivity contribution in [3.05, 3.63) is 0 Å². The summed E-state index contributed by atoms with van der Waals surface area (Å²) in [5.74, 6) is 0. The highest BCUT2D eigenvalue weighted by molar-refractivity contribution is 4.90. The Kier molecular flexibility index (Phi) is 5.59. The van der Waals surface area contributed by atoms with Gasteiger partial charge in [-0.3, -0.25) is 4.90 Å². The molecule has 2 unspecified atom stereocenters. The van der Waals surface area contributed by atoms with Gasteiger partial charge in [0.2, 0.25) is 0 Å². The molecule has 0 spiro atoms. The number of nitrogens with one attached hydrogen (secondary N) is 1. The monoisotopic (exact) mass is 272 g/mol. The number of nitrogens with zero attached hydrogens (tertiary/aromatic N) is 1. The summed E-state index contributed by atoms with van der Waals surface area (Å²) in [6.07, 6.45) is 2.20. The van der Waals surface area contributed by atoms with Gasteiger partial charge in [-0.2, -0.15) is 0 Å². The van der Waals surface area contributed by atoms with Crippen molar-refractivity contribution < 1.29 is 14.6 Å². The summed E-state index contributed by atoms with van der Waals surface area (Å²) in [5.41, 5.74) is 0.304. The molecule has 112 valence electrons. The summed E-state index contributed by atoms with van der Waals surface area (Å²) in [4.78, 5) is 2.48. The van der Waals surface area contributed by atoms with Crippen LogP contribution in [0.5, 0.6) is 0 Å². The van der Waals surface area contributed by atoms with Crippen molar-refractivity contribution in [3.8, 4) is 0 Å². The third-order valence-electron chi connectivity index (χ3n) is 4.48. The third-order valence-corrected chi connectivity index (χ3v) is 4.48. The number of rotatable bonds is 5. The van der Waals surface area contributed by atoms with E-state index in [2.05, 4.69) is 17.1 Å². The Morgan fingerprint density at radius 3 is 2.74 bits per heavy atom. The smallest absolute Gasteiger partial charge is 0.0933 e. The number of ether oxygens (including phenoxy) is 2. The van der Waals surface area contributed by atoms with Crippen LogP contribution in [-0.2, 0) is 9.47 Å². The predicted octanol–water partition coefficient (Wildman–Crippen LogP) is 0.0842. The maximum absolute atomic E-state index is 9.28. The summed E-state index contributed by atoms with van der Waals surface area (Å²) in [6, 6.07) is 0.430. The van der Waals surface area contributed by atoms with Gasteiger partial charge in [-0.15, -0.1) is 0 Å². The van der Waals surface area contributed by atoms with E-state index in [4.69, 9.17) is 9.47 Å². The molecule has 19 heavy (non-hydrogen) atoms. The first-order valence-corrected chi connectivity index (χ1v) is 7.38. The van der Waals surface area contributed by atoms with Crippen molar-refractivity contribution in [2.24, 2.45) is 5.41 Å². The summed E-state index contributed by atoms with van der Waals surface area (Å²) in [6.45, 7) is 7.71. The number of aliphatic hydroxyl groups excluding tert-OH is 1. The van der Waals surface area contributed by atoms with E-state index in [9.17, 15) is 5.11 Å². The highest BCUT2D eigenvalue weighted by Gasteiger charge is 2.37. The van der Waals surface area contributed by atoms with Gasteiger partial charge in [0.1, 0.15) is 0 Å². The molecule has 2 heterocycles. The number of morpholine rings is 1. The Balaban J connectivity index is 1.98. The van der Waals surface area contributed by atoms with Crippen molar-refractivity contribution in [2.45, 2.75) is 31.9 Å². The Labute approximate surface area is 116 Å². The number of aliphatic hydroxyl groups is 1. The maximum Gasteiger partial charge on any atom is 0.0933 e. The predicted molar refractivity (Wildman–Crippen MR) is 74.3 cm³/mol. The van der Waals surface area contributed by atoms with Crippen molar-refractivity contribution in [2.75, 3.05) is 53.1 Å². The van der Waals surface area contributed by atoms with E-state index >= 15 is 0 Å². The molecule has 5 nitrogen and oxygen atoms in total. The molecular formula is C14H28N2O3. The van der Waals surface area contributed by atoms with Crippen LogP contribution >= 0.6 is 0 Å². The zero-order valence-electron chi connectivity index (χ0n) is 12.2. The van der Waals surface area contributed by atoms with Crippen LogP contribution in [-0.4, -0.2) is 75.3 Å². The second-order valence-electron chi connectivity index (χ2n) is 6.06. The second-order valence-corrected chi connectivity index (χ2v) is 6.06. The van der Waals surface area contributed by atoms with Crippen LogP contribution in [0.15, 0.2) is 0 Å². The van der Waals surface area contributed by atoms with Gasteiger partial charge in [0.15, 0.2) is 0 Å². The SMILES string of the molecule is CNCC1(CN2CC(CO)OCC2C)CCOCC1. The van der Waals surface area contributed by atoms with E-state index in [1.54, 1.807) is 0 Å². The van der Waals surface area contributed by atoms with Crippen LogP contribution < -0.4 is 5.32 Å². The Morgan fingerprint density at radius 1 is 1.37 bits per heavy atom. The molecule has 0 aromatic carbocycles. The fourth-order valence-corrected chi connectivity index (χ4v) is 3.21. The van der Waals surface area contributed by atoms with Gasteiger partial charge in [-0.05, 0) is 32.2 Å². The van der Waals surface area contributed by atoms with Crippen LogP contribution in [0.2, 0.25) is 0 Å². The largest absolute Gasteiger partial charge is 0.394 e. The first-order chi connectivity index (χ1) is 9.19. The van der Waals surface area contributed by atoms with Crippen LogP contribution in [0.3, 0.4) is 0 Å². The first-order valence-electron chi connectivity index (χ1n) is 7.38. The summed E-state index contributed by atoms with van der Waals surface area (Å²) < 4.78 is 11.1. The van der Waals surface area contributed by atoms with Gasteiger partial charge in [0, 0.05) is 38.9 Å². The van der Waals surface area contributed by atoms with Crippen molar-refractivity contribution in [1.29, 1.82) is 0 Å². The van der Waals surface area contributed by atoms with E-state index in [0.717, 1.165) is 52.3 Å². The molecule has 5 heteroatoms. The zero-order valence-corrected chi connectivity index (χ0v) is 12.2. The van der Waals surface area contributed by atoms with Crippen LogP contribution in [0, 0.1) is 5.41 Å². The molecule has 2 aliphatic rings. The van der Waals surface area contributed by atoms with Gasteiger partial charge in [-0.1, -0.05) is 0 Å². The zero-order chi connectivity index (χ0) is 13.7. The van der Waals surface area contributed by atoms with Crippen molar-refractivity contribution in [1.82, 2.24) is 10.2 Å². The number of hydrogen-bond donors (Lipinski definition) is 2. The lowest BCUT2D eigenvalue weighted by Gasteiger charge is -2.45. The standard InChI is InChI=1S/C14H28N2O3/c1-12-9-19-13(8-17)7-16(12)11-14(10-15-2)3-5-18-6-4-14/h12-13,15,17H,3-11H2,1-2H3. The van der Waals surface area contributed by atoms with Gasteiger partial charge in [0.25, 0.3) is 0 Å². The molecule has 0 aromatic heterocycles. The lowest BCUT2D eigenvalue weighted by molar-refractivity contribution is -0.0972. The lowest BCUT2D eigenvalue weighted by Crippen LogP contribution is -2.55. The fourth-order valence-electron chi connectivity index (χ4n) is 3.21. The average molecular weight is 272 g/mol. The second kappa shape index (κ2) is 6.99. The molecule has 0 saturated carbocycles. The van der Waals surface area contributed by atoms with Crippen LogP contribution in [0.1, 0.15) is 19.8 Å². The minimum Gasteiger partial charge on any atom is -0.394 e. The molecule has 0 aromatic rings. The van der Waals surface area contributed by atoms with Gasteiger partial charge in [0.05, 0.1) is 19.3 Å². The topological polar surface area (TPSA) is 54.0 Å². The van der Waals surface area contributed by atoms with Crippen molar-refractivity contribution in [3.63, 3.8) is 0 Å². The molecule has 2 aliphatic heterocycles. The minimum absolute atomic E-state index is 0.0253. The number of hydrogen-bond acceptors (Lipinski definition) is 5. The van der Waals surface area contributed by atoms with E-state index in [1.807, 2.05) is 7.05 Å². The Morgan fingerprint density at radius 2 is 2.11 bits per heavy atom. The minimum atomic E-state index is -0.0253. The quantitative estimate of drug-likeness (QED) is 0.742.